The molecule has 14 rings (SSSR count). The molecule has 4 heteroatoms. The number of fused-ring (bicyclic) bond motifs is 17. The topological polar surface area (TPSA) is 43.9 Å². The Bertz CT molecular complexity index is 3870. The fourth-order valence-electron chi connectivity index (χ4n) is 11.9. The zero-order valence-corrected chi connectivity index (χ0v) is 35.2. The van der Waals surface area contributed by atoms with Crippen LogP contribution in [-0.4, -0.2) is 14.5 Å². The van der Waals surface area contributed by atoms with E-state index in [2.05, 4.69) is 168 Å². The normalized spacial score (nSPS) is 14.4. The highest BCUT2D eigenvalue weighted by molar-refractivity contribution is 6.30. The second-order valence-electron chi connectivity index (χ2n) is 17.9. The Morgan fingerprint density at radius 2 is 1.16 bits per heavy atom. The number of hydrogen-bond donors (Lipinski definition) is 0. The van der Waals surface area contributed by atoms with Gasteiger partial charge in [0.05, 0.1) is 22.4 Å². The van der Waals surface area contributed by atoms with Gasteiger partial charge in [0.25, 0.3) is 0 Å². The van der Waals surface area contributed by atoms with E-state index in [1.165, 1.54) is 97.7 Å². The number of para-hydroxylation sites is 1. The van der Waals surface area contributed by atoms with E-state index in [4.69, 9.17) is 14.4 Å². The Hall–Kier alpha value is -7.82. The van der Waals surface area contributed by atoms with Crippen molar-refractivity contribution >= 4 is 65.3 Å². The summed E-state index contributed by atoms with van der Waals surface area (Å²) in [5.41, 5.74) is 16.0. The highest BCUT2D eigenvalue weighted by Crippen LogP contribution is 2.61. The maximum absolute atomic E-state index is 6.33. The van der Waals surface area contributed by atoms with Crippen LogP contribution in [0.15, 0.2) is 192 Å². The molecule has 9 aromatic carbocycles. The third kappa shape index (κ3) is 4.99. The highest BCUT2D eigenvalue weighted by Gasteiger charge is 2.46. The van der Waals surface area contributed by atoms with Gasteiger partial charge < -0.3 is 8.98 Å². The van der Waals surface area contributed by atoms with Crippen LogP contribution in [0.2, 0.25) is 0 Å². The average molecular weight is 820 g/mol. The minimum Gasteiger partial charge on any atom is -0.456 e. The van der Waals surface area contributed by atoms with Crippen molar-refractivity contribution in [2.75, 3.05) is 0 Å². The molecule has 0 saturated heterocycles. The molecule has 0 radical (unpaired) electrons. The second kappa shape index (κ2) is 13.6. The van der Waals surface area contributed by atoms with Gasteiger partial charge in [0.15, 0.2) is 5.82 Å². The van der Waals surface area contributed by atoms with Gasteiger partial charge >= 0.3 is 0 Å². The summed E-state index contributed by atoms with van der Waals surface area (Å²) in [6.07, 6.45) is 6.12. The Labute approximate surface area is 370 Å². The van der Waals surface area contributed by atoms with E-state index in [1.54, 1.807) is 0 Å². The Morgan fingerprint density at radius 1 is 0.469 bits per heavy atom. The van der Waals surface area contributed by atoms with Crippen LogP contribution < -0.4 is 0 Å². The molecule has 1 saturated carbocycles. The molecule has 3 heterocycles. The van der Waals surface area contributed by atoms with Crippen LogP contribution in [0.5, 0.6) is 0 Å². The smallest absolute Gasteiger partial charge is 0.160 e. The van der Waals surface area contributed by atoms with Crippen molar-refractivity contribution < 1.29 is 4.42 Å². The van der Waals surface area contributed by atoms with E-state index < -0.39 is 0 Å². The molecular weight excluding hydrogens is 779 g/mol. The van der Waals surface area contributed by atoms with Gasteiger partial charge in [-0.1, -0.05) is 159 Å². The lowest BCUT2D eigenvalue weighted by atomic mass is 9.66. The number of benzene rings is 9. The van der Waals surface area contributed by atoms with Crippen LogP contribution >= 0.6 is 0 Å². The molecule has 12 aromatic rings. The van der Waals surface area contributed by atoms with Crippen molar-refractivity contribution in [3.8, 4) is 50.7 Å². The molecule has 64 heavy (non-hydrogen) atoms. The van der Waals surface area contributed by atoms with Crippen molar-refractivity contribution in [2.45, 2.75) is 37.5 Å². The SMILES string of the molecule is c1ccc(-c2cc(-c3cccc4oc5ccccc5c34)nc(-c3ccc(-n4c5ccc6ccccc6c5c5c6c(c7ccccc7c54)-c4ccccc4C64CCCCC4)cc3)n2)cc1. The maximum Gasteiger partial charge on any atom is 0.160 e. The predicted octanol–water partition coefficient (Wildman–Crippen LogP) is 16.0. The quantitative estimate of drug-likeness (QED) is 0.178. The van der Waals surface area contributed by atoms with Gasteiger partial charge in [-0.05, 0) is 99.8 Å². The minimum atomic E-state index is -0.0295. The summed E-state index contributed by atoms with van der Waals surface area (Å²) >= 11 is 0. The maximum atomic E-state index is 6.33. The van der Waals surface area contributed by atoms with Crippen molar-refractivity contribution in [3.05, 3.63) is 199 Å². The zero-order chi connectivity index (χ0) is 41.9. The van der Waals surface area contributed by atoms with Crippen LogP contribution in [0.4, 0.5) is 0 Å². The third-order valence-corrected chi connectivity index (χ3v) is 14.6. The van der Waals surface area contributed by atoms with E-state index in [-0.39, 0.29) is 5.41 Å². The molecule has 0 unspecified atom stereocenters. The molecule has 0 bridgehead atoms. The summed E-state index contributed by atoms with van der Waals surface area (Å²) in [6, 6.07) is 68.2. The number of nitrogens with zero attached hydrogens (tertiary/aromatic N) is 3. The van der Waals surface area contributed by atoms with E-state index in [9.17, 15) is 0 Å². The molecule has 2 aliphatic carbocycles. The average Bonchev–Trinajstić information content (AvgIpc) is 4.01. The monoisotopic (exact) mass is 819 g/mol. The Kier molecular flexibility index (Phi) is 7.59. The van der Waals surface area contributed by atoms with Crippen LogP contribution in [0, 0.1) is 0 Å². The molecule has 0 N–H and O–H groups in total. The highest BCUT2D eigenvalue weighted by atomic mass is 16.3. The first-order valence-electron chi connectivity index (χ1n) is 22.7. The largest absolute Gasteiger partial charge is 0.456 e. The molecular formula is C60H41N3O. The first kappa shape index (κ1) is 35.7. The van der Waals surface area contributed by atoms with E-state index in [1.807, 2.05) is 24.3 Å². The number of hydrogen-bond acceptors (Lipinski definition) is 3. The summed E-state index contributed by atoms with van der Waals surface area (Å²) in [6.45, 7) is 0. The summed E-state index contributed by atoms with van der Waals surface area (Å²) in [4.78, 5) is 10.6. The van der Waals surface area contributed by atoms with Crippen LogP contribution in [-0.2, 0) is 5.41 Å². The van der Waals surface area contributed by atoms with Crippen molar-refractivity contribution in [3.63, 3.8) is 0 Å². The van der Waals surface area contributed by atoms with E-state index in [0.717, 1.165) is 55.7 Å². The third-order valence-electron chi connectivity index (χ3n) is 14.6. The second-order valence-corrected chi connectivity index (χ2v) is 17.9. The fourth-order valence-corrected chi connectivity index (χ4v) is 11.9. The Morgan fingerprint density at radius 3 is 2.02 bits per heavy atom. The van der Waals surface area contributed by atoms with Crippen molar-refractivity contribution in [1.82, 2.24) is 14.5 Å². The van der Waals surface area contributed by atoms with Gasteiger partial charge in [0, 0.05) is 54.7 Å². The number of aromatic nitrogens is 3. The first-order chi connectivity index (χ1) is 31.7. The van der Waals surface area contributed by atoms with Crippen molar-refractivity contribution in [1.29, 1.82) is 0 Å². The number of rotatable bonds is 4. The summed E-state index contributed by atoms with van der Waals surface area (Å²) < 4.78 is 8.89. The molecule has 3 aromatic heterocycles. The molecule has 0 atom stereocenters. The lowest BCUT2D eigenvalue weighted by Crippen LogP contribution is -2.28. The molecule has 4 nitrogen and oxygen atoms in total. The van der Waals surface area contributed by atoms with Gasteiger partial charge in [0.2, 0.25) is 0 Å². The lowest BCUT2D eigenvalue weighted by molar-refractivity contribution is 0.355. The van der Waals surface area contributed by atoms with Crippen LogP contribution in [0.3, 0.4) is 0 Å². The Balaban J connectivity index is 1.02. The van der Waals surface area contributed by atoms with E-state index >= 15 is 0 Å². The molecule has 0 aliphatic heterocycles. The van der Waals surface area contributed by atoms with Crippen LogP contribution in [0.25, 0.3) is 116 Å². The van der Waals surface area contributed by atoms with Gasteiger partial charge in [-0.15, -0.1) is 0 Å². The fraction of sp³-hybridized carbons (Fsp3) is 0.100. The van der Waals surface area contributed by atoms with Gasteiger partial charge in [-0.3, -0.25) is 0 Å². The standard InChI is InChI=1S/C60H41N3O/c1-3-17-38(18-4-1)48-36-49(45-24-15-27-52-53(45)46-23-10-12-26-51(46)64-52)62-59(61-48)39-28-31-40(32-29-39)63-50-33-30-37-16-5-6-19-41(37)55(50)56-57-54(42-20-7-8-21-43(42)58(56)63)44-22-9-11-25-47(44)60(57)34-13-2-14-35-60/h1,3-12,15-33,36H,2,13-14,34-35H2. The zero-order valence-electron chi connectivity index (χ0n) is 35.2. The summed E-state index contributed by atoms with van der Waals surface area (Å²) in [5, 5.41) is 10.1. The number of furan rings is 1. The summed E-state index contributed by atoms with van der Waals surface area (Å²) in [7, 11) is 0. The predicted molar refractivity (Wildman–Crippen MR) is 264 cm³/mol. The lowest BCUT2D eigenvalue weighted by Gasteiger charge is -2.36. The molecule has 302 valence electrons. The van der Waals surface area contributed by atoms with Gasteiger partial charge in [-0.2, -0.15) is 0 Å². The minimum absolute atomic E-state index is 0.0295. The molecule has 0 amide bonds. The van der Waals surface area contributed by atoms with Gasteiger partial charge in [-0.25, -0.2) is 9.97 Å². The first-order valence-corrected chi connectivity index (χ1v) is 22.7. The van der Waals surface area contributed by atoms with E-state index in [0.29, 0.717) is 5.82 Å². The van der Waals surface area contributed by atoms with Crippen molar-refractivity contribution in [2.24, 2.45) is 0 Å². The van der Waals surface area contributed by atoms with Gasteiger partial charge in [0.1, 0.15) is 11.2 Å². The molecule has 1 spiro atoms. The summed E-state index contributed by atoms with van der Waals surface area (Å²) in [5.74, 6) is 0.682. The van der Waals surface area contributed by atoms with Crippen LogP contribution in [0.1, 0.15) is 43.2 Å². The molecule has 1 fully saturated rings. The molecule has 2 aliphatic rings.